The fraction of sp³-hybridized carbons (Fsp3) is 0.281. The normalized spacial score (nSPS) is 10.8. The summed E-state index contributed by atoms with van der Waals surface area (Å²) in [5.74, 6) is -1.21. The van der Waals surface area contributed by atoms with E-state index in [9.17, 15) is 9.59 Å². The Morgan fingerprint density at radius 2 is 1.57 bits per heavy atom. The molecule has 0 fully saturated rings. The van der Waals surface area contributed by atoms with E-state index in [1.54, 1.807) is 23.5 Å². The molecule has 2 N–H and O–H groups in total. The Labute approximate surface area is 240 Å². The maximum atomic E-state index is 12.3. The van der Waals surface area contributed by atoms with Crippen molar-refractivity contribution in [1.29, 1.82) is 0 Å². The summed E-state index contributed by atoms with van der Waals surface area (Å²) in [5, 5.41) is 14.5. The maximum absolute atomic E-state index is 12.3. The molecular formula is C32H36N4O3S. The third-order valence-corrected chi connectivity index (χ3v) is 7.68. The number of aliphatic carboxylic acids is 1. The van der Waals surface area contributed by atoms with Gasteiger partial charge in [-0.15, -0.1) is 11.3 Å². The Bertz CT molecular complexity index is 1370. The van der Waals surface area contributed by atoms with Crippen LogP contribution in [0, 0.1) is 0 Å². The highest BCUT2D eigenvalue weighted by Crippen LogP contribution is 2.30. The number of amides is 1. The Morgan fingerprint density at radius 1 is 0.875 bits per heavy atom. The van der Waals surface area contributed by atoms with E-state index in [0.717, 1.165) is 48.0 Å². The molecule has 0 aliphatic rings. The molecule has 1 heterocycles. The molecule has 208 valence electrons. The van der Waals surface area contributed by atoms with E-state index < -0.39 is 5.97 Å². The zero-order valence-electron chi connectivity index (χ0n) is 23.0. The van der Waals surface area contributed by atoms with E-state index in [1.807, 2.05) is 18.2 Å². The highest BCUT2D eigenvalue weighted by atomic mass is 32.1. The minimum absolute atomic E-state index is 0.101. The SMILES string of the molecule is CCN(CC)c1ccc(-c2csc(N(CCc3ccccc3)Cc3ccc(C(=O)NCCC(=O)O)cc3)n2)cc1. The number of aromatic nitrogens is 1. The minimum Gasteiger partial charge on any atom is -0.481 e. The molecule has 0 unspecified atom stereocenters. The van der Waals surface area contributed by atoms with Crippen molar-refractivity contribution in [2.24, 2.45) is 0 Å². The molecule has 40 heavy (non-hydrogen) atoms. The van der Waals surface area contributed by atoms with Gasteiger partial charge in [-0.2, -0.15) is 0 Å². The number of anilines is 2. The van der Waals surface area contributed by atoms with Crippen LogP contribution in [0.2, 0.25) is 0 Å². The van der Waals surface area contributed by atoms with Gasteiger partial charge in [-0.3, -0.25) is 9.59 Å². The van der Waals surface area contributed by atoms with Crippen LogP contribution in [-0.2, 0) is 17.8 Å². The standard InChI is InChI=1S/C32H36N4O3S/c1-3-35(4-2)28-16-14-26(15-17-28)29-23-40-32(34-29)36(21-19-24-8-6-5-7-9-24)22-25-10-12-27(13-11-25)31(39)33-20-18-30(37)38/h5-17,23H,3-4,18-22H2,1-2H3,(H,33,39)(H,37,38). The monoisotopic (exact) mass is 556 g/mol. The molecule has 0 saturated heterocycles. The van der Waals surface area contributed by atoms with Crippen LogP contribution >= 0.6 is 11.3 Å². The van der Waals surface area contributed by atoms with E-state index in [1.165, 1.54) is 11.3 Å². The maximum Gasteiger partial charge on any atom is 0.305 e. The Balaban J connectivity index is 1.49. The van der Waals surface area contributed by atoms with Crippen molar-refractivity contribution in [3.8, 4) is 11.3 Å². The van der Waals surface area contributed by atoms with Crippen LogP contribution in [0.15, 0.2) is 84.2 Å². The largest absolute Gasteiger partial charge is 0.481 e. The van der Waals surface area contributed by atoms with Crippen LogP contribution < -0.4 is 15.1 Å². The summed E-state index contributed by atoms with van der Waals surface area (Å²) in [5.41, 5.74) is 6.12. The first-order valence-corrected chi connectivity index (χ1v) is 14.5. The number of carboxylic acids is 1. The van der Waals surface area contributed by atoms with E-state index in [0.29, 0.717) is 12.1 Å². The Morgan fingerprint density at radius 3 is 2.23 bits per heavy atom. The number of carbonyl (C=O) groups is 2. The smallest absolute Gasteiger partial charge is 0.305 e. The van der Waals surface area contributed by atoms with E-state index in [4.69, 9.17) is 10.1 Å². The third-order valence-electron chi connectivity index (χ3n) is 6.78. The van der Waals surface area contributed by atoms with Crippen molar-refractivity contribution in [2.75, 3.05) is 36.0 Å². The van der Waals surface area contributed by atoms with Gasteiger partial charge in [0.1, 0.15) is 0 Å². The lowest BCUT2D eigenvalue weighted by Crippen LogP contribution is -2.26. The van der Waals surface area contributed by atoms with Gasteiger partial charge in [0.15, 0.2) is 5.13 Å². The number of hydrogen-bond donors (Lipinski definition) is 2. The lowest BCUT2D eigenvalue weighted by atomic mass is 10.1. The molecule has 4 aromatic rings. The number of nitrogens with zero attached hydrogens (tertiary/aromatic N) is 3. The molecule has 1 aromatic heterocycles. The van der Waals surface area contributed by atoms with Crippen molar-refractivity contribution in [3.63, 3.8) is 0 Å². The molecule has 7 nitrogen and oxygen atoms in total. The van der Waals surface area contributed by atoms with Crippen LogP contribution in [0.3, 0.4) is 0 Å². The second-order valence-corrected chi connectivity index (χ2v) is 10.3. The second kappa shape index (κ2) is 14.3. The third kappa shape index (κ3) is 7.93. The average Bonchev–Trinajstić information content (AvgIpc) is 3.47. The quantitative estimate of drug-likeness (QED) is 0.195. The summed E-state index contributed by atoms with van der Waals surface area (Å²) in [6, 6.07) is 26.5. The van der Waals surface area contributed by atoms with Crippen molar-refractivity contribution in [1.82, 2.24) is 10.3 Å². The topological polar surface area (TPSA) is 85.8 Å². The van der Waals surface area contributed by atoms with Crippen LogP contribution in [-0.4, -0.2) is 48.1 Å². The summed E-state index contributed by atoms with van der Waals surface area (Å²) in [6.07, 6.45) is 0.786. The molecule has 0 spiro atoms. The number of nitrogens with one attached hydrogen (secondary N) is 1. The number of carboxylic acid groups (broad SMARTS) is 1. The lowest BCUT2D eigenvalue weighted by Gasteiger charge is -2.22. The molecule has 0 radical (unpaired) electrons. The molecule has 0 aliphatic carbocycles. The zero-order chi connectivity index (χ0) is 28.3. The van der Waals surface area contributed by atoms with Gasteiger partial charge in [-0.1, -0.05) is 54.6 Å². The van der Waals surface area contributed by atoms with E-state index >= 15 is 0 Å². The van der Waals surface area contributed by atoms with Crippen molar-refractivity contribution < 1.29 is 14.7 Å². The van der Waals surface area contributed by atoms with Gasteiger partial charge >= 0.3 is 5.97 Å². The molecule has 0 saturated carbocycles. The fourth-order valence-corrected chi connectivity index (χ4v) is 5.35. The predicted octanol–water partition coefficient (Wildman–Crippen LogP) is 6.11. The first-order valence-electron chi connectivity index (χ1n) is 13.7. The number of benzene rings is 3. The van der Waals surface area contributed by atoms with Crippen molar-refractivity contribution >= 4 is 34.0 Å². The number of thiazole rings is 1. The van der Waals surface area contributed by atoms with Gasteiger partial charge in [0.25, 0.3) is 5.91 Å². The minimum atomic E-state index is -0.937. The first kappa shape index (κ1) is 28.8. The van der Waals surface area contributed by atoms with Gasteiger partial charge in [-0.05, 0) is 55.7 Å². The van der Waals surface area contributed by atoms with Gasteiger partial charge in [0.2, 0.25) is 0 Å². The molecule has 3 aromatic carbocycles. The molecule has 0 aliphatic heterocycles. The number of rotatable bonds is 14. The van der Waals surface area contributed by atoms with Crippen LogP contribution in [0.1, 0.15) is 41.8 Å². The Hall–Kier alpha value is -4.17. The fourth-order valence-electron chi connectivity index (χ4n) is 4.49. The lowest BCUT2D eigenvalue weighted by molar-refractivity contribution is -0.136. The summed E-state index contributed by atoms with van der Waals surface area (Å²) < 4.78 is 0. The van der Waals surface area contributed by atoms with Crippen molar-refractivity contribution in [2.45, 2.75) is 33.2 Å². The average molecular weight is 557 g/mol. The van der Waals surface area contributed by atoms with Crippen LogP contribution in [0.25, 0.3) is 11.3 Å². The summed E-state index contributed by atoms with van der Waals surface area (Å²) in [4.78, 5) is 32.7. The molecular weight excluding hydrogens is 520 g/mol. The Kier molecular flexibility index (Phi) is 10.3. The summed E-state index contributed by atoms with van der Waals surface area (Å²) in [7, 11) is 0. The molecule has 4 rings (SSSR count). The van der Waals surface area contributed by atoms with Gasteiger partial charge in [0.05, 0.1) is 12.1 Å². The van der Waals surface area contributed by atoms with Crippen molar-refractivity contribution in [3.05, 3.63) is 101 Å². The second-order valence-electron chi connectivity index (χ2n) is 9.49. The van der Waals surface area contributed by atoms with Crippen LogP contribution in [0.4, 0.5) is 10.8 Å². The van der Waals surface area contributed by atoms with Gasteiger partial charge in [0, 0.05) is 54.9 Å². The van der Waals surface area contributed by atoms with Gasteiger partial charge < -0.3 is 20.2 Å². The van der Waals surface area contributed by atoms with E-state index in [2.05, 4.69) is 82.9 Å². The molecule has 8 heteroatoms. The predicted molar refractivity (Wildman–Crippen MR) is 163 cm³/mol. The molecule has 0 atom stereocenters. The molecule has 0 bridgehead atoms. The summed E-state index contributed by atoms with van der Waals surface area (Å²) >= 11 is 1.64. The molecule has 1 amide bonds. The zero-order valence-corrected chi connectivity index (χ0v) is 23.9. The highest BCUT2D eigenvalue weighted by molar-refractivity contribution is 7.14. The first-order chi connectivity index (χ1) is 19.5. The van der Waals surface area contributed by atoms with Gasteiger partial charge in [-0.25, -0.2) is 4.98 Å². The van der Waals surface area contributed by atoms with E-state index in [-0.39, 0.29) is 18.9 Å². The number of carbonyl (C=O) groups excluding carboxylic acids is 1. The highest BCUT2D eigenvalue weighted by Gasteiger charge is 2.15. The number of hydrogen-bond acceptors (Lipinski definition) is 6. The van der Waals surface area contributed by atoms with Crippen LogP contribution in [0.5, 0.6) is 0 Å². The summed E-state index contributed by atoms with van der Waals surface area (Å²) in [6.45, 7) is 7.84.